The normalized spacial score (nSPS) is 23.0. The Morgan fingerprint density at radius 1 is 0.800 bits per heavy atom. The predicted octanol–water partition coefficient (Wildman–Crippen LogP) is 3.75. The first-order valence-corrected chi connectivity index (χ1v) is 9.77. The van der Waals surface area contributed by atoms with Crippen LogP contribution in [0.3, 0.4) is 0 Å². The third kappa shape index (κ3) is 2.76. The number of methoxy groups -OCH3 is 1. The molecule has 30 heavy (non-hydrogen) atoms. The summed E-state index contributed by atoms with van der Waals surface area (Å²) in [5.74, 6) is -0.865. The third-order valence-corrected chi connectivity index (χ3v) is 5.59. The van der Waals surface area contributed by atoms with Crippen LogP contribution in [0.4, 0.5) is 11.4 Å². The van der Waals surface area contributed by atoms with Crippen molar-refractivity contribution in [2.75, 3.05) is 17.1 Å². The summed E-state index contributed by atoms with van der Waals surface area (Å²) in [5, 5.41) is 1.69. The zero-order chi connectivity index (χ0) is 20.7. The molecule has 0 radical (unpaired) electrons. The second-order valence-electron chi connectivity index (χ2n) is 7.25. The van der Waals surface area contributed by atoms with E-state index in [2.05, 4.69) is 0 Å². The minimum absolute atomic E-state index is 0.290. The quantitative estimate of drug-likeness (QED) is 0.625. The zero-order valence-corrected chi connectivity index (χ0v) is 16.3. The van der Waals surface area contributed by atoms with E-state index in [1.165, 1.54) is 12.0 Å². The Bertz CT molecular complexity index is 1090. The van der Waals surface area contributed by atoms with Gasteiger partial charge in [0.25, 0.3) is 5.91 Å². The van der Waals surface area contributed by atoms with Crippen molar-refractivity contribution in [3.8, 4) is 5.75 Å². The van der Waals surface area contributed by atoms with E-state index in [1.807, 2.05) is 60.7 Å². The van der Waals surface area contributed by atoms with Crippen molar-refractivity contribution < 1.29 is 19.2 Å². The van der Waals surface area contributed by atoms with Crippen molar-refractivity contribution in [2.24, 2.45) is 5.92 Å². The molecule has 6 nitrogen and oxygen atoms in total. The Balaban J connectivity index is 1.59. The van der Waals surface area contributed by atoms with Crippen molar-refractivity contribution in [1.29, 1.82) is 0 Å². The summed E-state index contributed by atoms with van der Waals surface area (Å²) in [6.07, 6.45) is -0.896. The number of rotatable bonds is 4. The molecule has 3 aromatic rings. The Morgan fingerprint density at radius 3 is 2.13 bits per heavy atom. The fourth-order valence-electron chi connectivity index (χ4n) is 4.25. The van der Waals surface area contributed by atoms with Gasteiger partial charge < -0.3 is 4.74 Å². The number of carbonyl (C=O) groups is 2. The second-order valence-corrected chi connectivity index (χ2v) is 7.25. The molecule has 2 aliphatic rings. The third-order valence-electron chi connectivity index (χ3n) is 5.59. The van der Waals surface area contributed by atoms with Gasteiger partial charge in [-0.3, -0.25) is 14.4 Å². The number of hydroxylamine groups is 1. The maximum Gasteiger partial charge on any atom is 0.266 e. The topological polar surface area (TPSA) is 59.1 Å². The number of anilines is 2. The highest BCUT2D eigenvalue weighted by molar-refractivity contribution is 6.24. The molecular weight excluding hydrogens is 380 g/mol. The van der Waals surface area contributed by atoms with Crippen LogP contribution in [-0.4, -0.2) is 25.0 Å². The summed E-state index contributed by atoms with van der Waals surface area (Å²) in [4.78, 5) is 34.2. The van der Waals surface area contributed by atoms with Crippen molar-refractivity contribution in [3.05, 3.63) is 90.5 Å². The molecule has 0 aliphatic carbocycles. The van der Waals surface area contributed by atoms with E-state index in [-0.39, 0.29) is 11.8 Å². The van der Waals surface area contributed by atoms with Crippen LogP contribution < -0.4 is 14.7 Å². The fourth-order valence-corrected chi connectivity index (χ4v) is 4.25. The summed E-state index contributed by atoms with van der Waals surface area (Å²) in [7, 11) is 1.52. The molecule has 150 valence electrons. The number of para-hydroxylation sites is 3. The summed E-state index contributed by atoms with van der Waals surface area (Å²) < 4.78 is 5.38. The lowest BCUT2D eigenvalue weighted by Crippen LogP contribution is -2.37. The first-order chi connectivity index (χ1) is 14.7. The highest BCUT2D eigenvalue weighted by atomic mass is 16.7. The average Bonchev–Trinajstić information content (AvgIpc) is 3.31. The van der Waals surface area contributed by atoms with E-state index in [4.69, 9.17) is 9.57 Å². The predicted molar refractivity (Wildman–Crippen MR) is 112 cm³/mol. The lowest BCUT2D eigenvalue weighted by molar-refractivity contribution is -0.126. The highest BCUT2D eigenvalue weighted by Crippen LogP contribution is 2.48. The first kappa shape index (κ1) is 18.4. The highest BCUT2D eigenvalue weighted by Gasteiger charge is 2.60. The van der Waals surface area contributed by atoms with Gasteiger partial charge in [0.1, 0.15) is 11.7 Å². The van der Waals surface area contributed by atoms with Crippen molar-refractivity contribution in [3.63, 3.8) is 0 Å². The van der Waals surface area contributed by atoms with Gasteiger partial charge in [-0.15, -0.1) is 0 Å². The van der Waals surface area contributed by atoms with Gasteiger partial charge in [-0.05, 0) is 29.8 Å². The molecule has 2 amide bonds. The second kappa shape index (κ2) is 7.31. The van der Waals surface area contributed by atoms with Gasteiger partial charge in [0, 0.05) is 0 Å². The maximum atomic E-state index is 13.6. The fraction of sp³-hybridized carbons (Fsp3) is 0.167. The van der Waals surface area contributed by atoms with Crippen LogP contribution in [0.25, 0.3) is 0 Å². The van der Waals surface area contributed by atoms with Gasteiger partial charge in [0.2, 0.25) is 5.91 Å². The van der Waals surface area contributed by atoms with Crippen LogP contribution in [0.2, 0.25) is 0 Å². The average molecular weight is 400 g/mol. The molecule has 0 spiro atoms. The molecule has 2 fully saturated rings. The number of hydrogen-bond donors (Lipinski definition) is 0. The van der Waals surface area contributed by atoms with Crippen molar-refractivity contribution >= 4 is 23.2 Å². The van der Waals surface area contributed by atoms with Gasteiger partial charge >= 0.3 is 0 Å². The van der Waals surface area contributed by atoms with E-state index in [0.717, 1.165) is 11.3 Å². The molecule has 5 rings (SSSR count). The van der Waals surface area contributed by atoms with E-state index < -0.39 is 18.1 Å². The van der Waals surface area contributed by atoms with Crippen molar-refractivity contribution in [1.82, 2.24) is 0 Å². The number of nitrogens with zero attached hydrogens (tertiary/aromatic N) is 2. The van der Waals surface area contributed by atoms with Crippen LogP contribution in [0.5, 0.6) is 5.75 Å². The molecule has 2 saturated heterocycles. The van der Waals surface area contributed by atoms with Gasteiger partial charge in [-0.1, -0.05) is 60.7 Å². The Kier molecular flexibility index (Phi) is 4.48. The summed E-state index contributed by atoms with van der Waals surface area (Å²) in [6, 6.07) is 25.8. The molecule has 6 heteroatoms. The molecule has 0 saturated carbocycles. The minimum atomic E-state index is -0.896. The SMILES string of the molecule is COc1ccccc1N1C(=O)[C@@H]2[C@H](ON(c3ccccc3)[C@@H]2c2ccccc2)C1=O. The molecule has 3 aromatic carbocycles. The molecule has 2 aliphatic heterocycles. The van der Waals surface area contributed by atoms with Gasteiger partial charge in [-0.25, -0.2) is 9.96 Å². The number of fused-ring (bicyclic) bond motifs is 1. The molecule has 0 aromatic heterocycles. The number of carbonyl (C=O) groups excluding carboxylic acids is 2. The molecule has 0 unspecified atom stereocenters. The standard InChI is InChI=1S/C24H20N2O4/c1-29-19-15-9-8-14-18(19)25-23(27)20-21(16-10-4-2-5-11-16)26(30-22(20)24(25)28)17-12-6-3-7-13-17/h2-15,20-22H,1H3/t20-,21+,22-/m0/s1. The van der Waals surface area contributed by atoms with Gasteiger partial charge in [0.15, 0.2) is 6.10 Å². The zero-order valence-electron chi connectivity index (χ0n) is 16.3. The van der Waals surface area contributed by atoms with E-state index in [1.54, 1.807) is 29.3 Å². The Morgan fingerprint density at radius 2 is 1.43 bits per heavy atom. The van der Waals surface area contributed by atoms with Crippen LogP contribution in [-0.2, 0) is 14.4 Å². The largest absolute Gasteiger partial charge is 0.495 e. The monoisotopic (exact) mass is 400 g/mol. The van der Waals surface area contributed by atoms with Crippen LogP contribution in [0.15, 0.2) is 84.9 Å². The molecule has 2 heterocycles. The van der Waals surface area contributed by atoms with Crippen LogP contribution in [0.1, 0.15) is 11.6 Å². The van der Waals surface area contributed by atoms with Crippen LogP contribution >= 0.6 is 0 Å². The molecule has 3 atom stereocenters. The van der Waals surface area contributed by atoms with Crippen LogP contribution in [0, 0.1) is 5.92 Å². The number of imide groups is 1. The van der Waals surface area contributed by atoms with Gasteiger partial charge in [0.05, 0.1) is 24.5 Å². The molecular formula is C24H20N2O4. The van der Waals surface area contributed by atoms with E-state index in [0.29, 0.717) is 11.4 Å². The smallest absolute Gasteiger partial charge is 0.266 e. The Labute approximate surface area is 174 Å². The Hall–Kier alpha value is -3.64. The molecule has 0 N–H and O–H groups in total. The first-order valence-electron chi connectivity index (χ1n) is 9.77. The summed E-state index contributed by atoms with van der Waals surface area (Å²) >= 11 is 0. The molecule has 0 bridgehead atoms. The minimum Gasteiger partial charge on any atom is -0.495 e. The number of hydrogen-bond acceptors (Lipinski definition) is 5. The maximum absolute atomic E-state index is 13.6. The number of amides is 2. The van der Waals surface area contributed by atoms with Gasteiger partial charge in [-0.2, -0.15) is 0 Å². The lowest BCUT2D eigenvalue weighted by Gasteiger charge is -2.29. The van der Waals surface area contributed by atoms with E-state index >= 15 is 0 Å². The summed E-state index contributed by atoms with van der Waals surface area (Å²) in [5.41, 5.74) is 2.15. The van der Waals surface area contributed by atoms with E-state index in [9.17, 15) is 9.59 Å². The van der Waals surface area contributed by atoms with Crippen molar-refractivity contribution in [2.45, 2.75) is 12.1 Å². The lowest BCUT2D eigenvalue weighted by atomic mass is 9.90. The number of ether oxygens (including phenoxy) is 1. The number of benzene rings is 3. The summed E-state index contributed by atoms with van der Waals surface area (Å²) in [6.45, 7) is 0.